The molecule has 1 atom stereocenters. The number of hydrogen-bond acceptors (Lipinski definition) is 1. The van der Waals surface area contributed by atoms with Crippen molar-refractivity contribution in [3.63, 3.8) is 0 Å². The normalized spacial score (nSPS) is 12.5. The summed E-state index contributed by atoms with van der Waals surface area (Å²) < 4.78 is 53.8. The first kappa shape index (κ1) is 15.0. The first-order valence-corrected chi connectivity index (χ1v) is 6.52. The lowest BCUT2D eigenvalue weighted by Gasteiger charge is -2.14. The van der Waals surface area contributed by atoms with Gasteiger partial charge < -0.3 is 5.73 Å². The molecular weight excluding hydrogens is 338 g/mol. The minimum atomic E-state index is -1.57. The number of benzene rings is 2. The molecule has 1 unspecified atom stereocenters. The van der Waals surface area contributed by atoms with Gasteiger partial charge in [-0.3, -0.25) is 0 Å². The SMILES string of the molecule is NC(Cc1ccc(Br)cc1F)c1ccc(F)c(F)c1F. The summed E-state index contributed by atoms with van der Waals surface area (Å²) in [6, 6.07) is 5.26. The van der Waals surface area contributed by atoms with E-state index in [1.165, 1.54) is 12.1 Å². The maximum Gasteiger partial charge on any atom is 0.194 e. The van der Waals surface area contributed by atoms with E-state index >= 15 is 0 Å². The first-order chi connectivity index (χ1) is 9.40. The summed E-state index contributed by atoms with van der Waals surface area (Å²) in [6.45, 7) is 0. The van der Waals surface area contributed by atoms with Crippen LogP contribution in [0.15, 0.2) is 34.8 Å². The Kier molecular flexibility index (Phi) is 4.45. The van der Waals surface area contributed by atoms with Gasteiger partial charge in [0.15, 0.2) is 17.5 Å². The highest BCUT2D eigenvalue weighted by molar-refractivity contribution is 9.10. The van der Waals surface area contributed by atoms with Gasteiger partial charge in [-0.2, -0.15) is 0 Å². The van der Waals surface area contributed by atoms with Crippen LogP contribution >= 0.6 is 15.9 Å². The summed E-state index contributed by atoms with van der Waals surface area (Å²) >= 11 is 3.11. The van der Waals surface area contributed by atoms with Gasteiger partial charge in [0.2, 0.25) is 0 Å². The van der Waals surface area contributed by atoms with Crippen molar-refractivity contribution < 1.29 is 17.6 Å². The first-order valence-electron chi connectivity index (χ1n) is 5.73. The van der Waals surface area contributed by atoms with Crippen molar-refractivity contribution in [1.82, 2.24) is 0 Å². The molecule has 0 heterocycles. The summed E-state index contributed by atoms with van der Waals surface area (Å²) in [5, 5.41) is 0. The van der Waals surface area contributed by atoms with Crippen LogP contribution in [-0.4, -0.2) is 0 Å². The van der Waals surface area contributed by atoms with E-state index in [1.54, 1.807) is 6.07 Å². The molecule has 0 aliphatic heterocycles. The van der Waals surface area contributed by atoms with Crippen molar-refractivity contribution >= 4 is 15.9 Å². The van der Waals surface area contributed by atoms with Crippen LogP contribution in [0.1, 0.15) is 17.2 Å². The topological polar surface area (TPSA) is 26.0 Å². The number of halogens is 5. The maximum atomic E-state index is 13.7. The van der Waals surface area contributed by atoms with Crippen molar-refractivity contribution in [3.8, 4) is 0 Å². The second-order valence-electron chi connectivity index (χ2n) is 4.31. The van der Waals surface area contributed by atoms with Crippen molar-refractivity contribution in [1.29, 1.82) is 0 Å². The Labute approximate surface area is 121 Å². The van der Waals surface area contributed by atoms with Crippen molar-refractivity contribution in [2.24, 2.45) is 5.73 Å². The minimum absolute atomic E-state index is 0.0267. The smallest absolute Gasteiger partial charge is 0.194 e. The molecule has 0 saturated heterocycles. The zero-order valence-electron chi connectivity index (χ0n) is 10.1. The van der Waals surface area contributed by atoms with Gasteiger partial charge in [-0.15, -0.1) is 0 Å². The lowest BCUT2D eigenvalue weighted by molar-refractivity contribution is 0.434. The summed E-state index contributed by atoms with van der Waals surface area (Å²) in [7, 11) is 0. The Balaban J connectivity index is 2.28. The second kappa shape index (κ2) is 5.93. The van der Waals surface area contributed by atoms with Crippen LogP contribution in [0.25, 0.3) is 0 Å². The molecule has 1 nitrogen and oxygen atoms in total. The molecule has 106 valence electrons. The van der Waals surface area contributed by atoms with Gasteiger partial charge in [-0.1, -0.05) is 28.1 Å². The average Bonchev–Trinajstić information content (AvgIpc) is 2.39. The van der Waals surface area contributed by atoms with Crippen LogP contribution < -0.4 is 5.73 Å². The van der Waals surface area contributed by atoms with E-state index in [0.717, 1.165) is 12.1 Å². The molecular formula is C14H10BrF4N. The Hall–Kier alpha value is -1.40. The predicted octanol–water partition coefficient (Wildman–Crippen LogP) is 4.25. The van der Waals surface area contributed by atoms with E-state index in [2.05, 4.69) is 15.9 Å². The third kappa shape index (κ3) is 3.02. The van der Waals surface area contributed by atoms with Crippen molar-refractivity contribution in [3.05, 3.63) is 69.2 Å². The van der Waals surface area contributed by atoms with Crippen LogP contribution in [0, 0.1) is 23.3 Å². The van der Waals surface area contributed by atoms with Crippen LogP contribution in [0.2, 0.25) is 0 Å². The summed E-state index contributed by atoms with van der Waals surface area (Å²) in [5.74, 6) is -4.70. The molecule has 0 aliphatic carbocycles. The summed E-state index contributed by atoms with van der Waals surface area (Å²) in [4.78, 5) is 0. The van der Waals surface area contributed by atoms with Crippen LogP contribution in [0.4, 0.5) is 17.6 Å². The quantitative estimate of drug-likeness (QED) is 0.651. The van der Waals surface area contributed by atoms with Crippen LogP contribution in [0.5, 0.6) is 0 Å². The Morgan fingerprint density at radius 3 is 2.30 bits per heavy atom. The standard InChI is InChI=1S/C14H10BrF4N/c15-8-2-1-7(11(17)6-8)5-12(20)9-3-4-10(16)14(19)13(9)18/h1-4,6,12H,5,20H2. The van der Waals surface area contributed by atoms with Crippen molar-refractivity contribution in [2.75, 3.05) is 0 Å². The lowest BCUT2D eigenvalue weighted by atomic mass is 9.98. The molecule has 0 aliphatic rings. The average molecular weight is 348 g/mol. The van der Waals surface area contributed by atoms with Crippen LogP contribution in [0.3, 0.4) is 0 Å². The molecule has 2 rings (SSSR count). The van der Waals surface area contributed by atoms with E-state index in [4.69, 9.17) is 5.73 Å². The van der Waals surface area contributed by atoms with Gasteiger partial charge in [0, 0.05) is 16.1 Å². The molecule has 0 radical (unpaired) electrons. The molecule has 2 aromatic carbocycles. The molecule has 0 fully saturated rings. The fraction of sp³-hybridized carbons (Fsp3) is 0.143. The van der Waals surface area contributed by atoms with E-state index in [-0.39, 0.29) is 17.5 Å². The molecule has 0 spiro atoms. The number of hydrogen-bond donors (Lipinski definition) is 1. The monoisotopic (exact) mass is 347 g/mol. The highest BCUT2D eigenvalue weighted by Crippen LogP contribution is 2.24. The molecule has 2 aromatic rings. The molecule has 20 heavy (non-hydrogen) atoms. The third-order valence-electron chi connectivity index (χ3n) is 2.92. The Morgan fingerprint density at radius 2 is 1.65 bits per heavy atom. The third-order valence-corrected chi connectivity index (χ3v) is 3.41. The van der Waals surface area contributed by atoms with Gasteiger partial charge in [0.25, 0.3) is 0 Å². The van der Waals surface area contributed by atoms with E-state index in [9.17, 15) is 17.6 Å². The number of nitrogens with two attached hydrogens (primary N) is 1. The van der Waals surface area contributed by atoms with E-state index in [1.807, 2.05) is 0 Å². The molecule has 0 aromatic heterocycles. The van der Waals surface area contributed by atoms with E-state index < -0.39 is 29.3 Å². The van der Waals surface area contributed by atoms with E-state index in [0.29, 0.717) is 4.47 Å². The highest BCUT2D eigenvalue weighted by Gasteiger charge is 2.19. The molecule has 2 N–H and O–H groups in total. The fourth-order valence-corrected chi connectivity index (χ4v) is 2.19. The minimum Gasteiger partial charge on any atom is -0.324 e. The van der Waals surface area contributed by atoms with Gasteiger partial charge in [0.1, 0.15) is 5.82 Å². The van der Waals surface area contributed by atoms with Gasteiger partial charge >= 0.3 is 0 Å². The molecule has 0 saturated carbocycles. The van der Waals surface area contributed by atoms with Gasteiger partial charge in [-0.25, -0.2) is 17.6 Å². The lowest BCUT2D eigenvalue weighted by Crippen LogP contribution is -2.17. The summed E-state index contributed by atoms with van der Waals surface area (Å²) in [5.41, 5.74) is 5.83. The van der Waals surface area contributed by atoms with Crippen molar-refractivity contribution in [2.45, 2.75) is 12.5 Å². The largest absolute Gasteiger partial charge is 0.324 e. The molecule has 0 bridgehead atoms. The summed E-state index contributed by atoms with van der Waals surface area (Å²) in [6.07, 6.45) is -0.0267. The molecule has 6 heteroatoms. The zero-order valence-corrected chi connectivity index (χ0v) is 11.7. The predicted molar refractivity (Wildman–Crippen MR) is 71.0 cm³/mol. The highest BCUT2D eigenvalue weighted by atomic mass is 79.9. The fourth-order valence-electron chi connectivity index (χ4n) is 1.86. The van der Waals surface area contributed by atoms with Gasteiger partial charge in [0.05, 0.1) is 0 Å². The molecule has 0 amide bonds. The maximum absolute atomic E-state index is 13.7. The Morgan fingerprint density at radius 1 is 0.950 bits per heavy atom. The van der Waals surface area contributed by atoms with Crippen LogP contribution in [-0.2, 0) is 6.42 Å². The Bertz CT molecular complexity index is 645. The second-order valence-corrected chi connectivity index (χ2v) is 5.23. The number of rotatable bonds is 3. The van der Waals surface area contributed by atoms with Gasteiger partial charge in [-0.05, 0) is 30.2 Å². The zero-order chi connectivity index (χ0) is 14.9.